The summed E-state index contributed by atoms with van der Waals surface area (Å²) in [6.07, 6.45) is 4.62. The van der Waals surface area contributed by atoms with Gasteiger partial charge in [0, 0.05) is 18.2 Å². The molecule has 1 fully saturated rings. The first-order valence-corrected chi connectivity index (χ1v) is 8.72. The highest BCUT2D eigenvalue weighted by molar-refractivity contribution is 5.70. The molecular formula is C19H29NO3. The molecule has 128 valence electrons. The van der Waals surface area contributed by atoms with Gasteiger partial charge in [0.25, 0.3) is 0 Å². The van der Waals surface area contributed by atoms with E-state index in [-0.39, 0.29) is 12.0 Å². The van der Waals surface area contributed by atoms with Crippen molar-refractivity contribution < 1.29 is 14.6 Å². The van der Waals surface area contributed by atoms with Gasteiger partial charge in [0.05, 0.1) is 12.0 Å². The average Bonchev–Trinajstić information content (AvgIpc) is 2.54. The smallest absolute Gasteiger partial charge is 0.306 e. The molecule has 0 aliphatic heterocycles. The van der Waals surface area contributed by atoms with Gasteiger partial charge in [0.2, 0.25) is 0 Å². The number of carboxylic acids is 1. The molecule has 0 amide bonds. The summed E-state index contributed by atoms with van der Waals surface area (Å²) in [6.45, 7) is 7.06. The van der Waals surface area contributed by atoms with Gasteiger partial charge >= 0.3 is 5.97 Å². The molecule has 0 bridgehead atoms. The lowest BCUT2D eigenvalue weighted by atomic mass is 9.86. The van der Waals surface area contributed by atoms with Gasteiger partial charge in [-0.2, -0.15) is 0 Å². The molecule has 0 heterocycles. The molecule has 2 rings (SSSR count). The van der Waals surface area contributed by atoms with Crippen LogP contribution in [0.15, 0.2) is 18.2 Å². The van der Waals surface area contributed by atoms with Crippen molar-refractivity contribution in [3.8, 4) is 5.75 Å². The standard InChI is InChI=1S/C19H29NO3/c1-4-14(3)23-18-11-13(2)5-6-16(18)12-20-17-9-7-15(8-10-17)19(21)22/h5-6,11,14-15,17,20H,4,7-10,12H2,1-3H3,(H,21,22). The van der Waals surface area contributed by atoms with Gasteiger partial charge in [-0.15, -0.1) is 0 Å². The van der Waals surface area contributed by atoms with Crippen LogP contribution >= 0.6 is 0 Å². The fourth-order valence-corrected chi connectivity index (χ4v) is 3.02. The number of aliphatic carboxylic acids is 1. The second-order valence-electron chi connectivity index (χ2n) is 6.72. The Balaban J connectivity index is 1.91. The normalized spacial score (nSPS) is 22.6. The third kappa shape index (κ3) is 5.24. The largest absolute Gasteiger partial charge is 0.490 e. The van der Waals surface area contributed by atoms with E-state index in [1.807, 2.05) is 0 Å². The Labute approximate surface area is 139 Å². The van der Waals surface area contributed by atoms with Crippen LogP contribution in [-0.4, -0.2) is 23.2 Å². The molecular weight excluding hydrogens is 290 g/mol. The summed E-state index contributed by atoms with van der Waals surface area (Å²) >= 11 is 0. The molecule has 0 saturated heterocycles. The summed E-state index contributed by atoms with van der Waals surface area (Å²) in [5, 5.41) is 12.6. The fraction of sp³-hybridized carbons (Fsp3) is 0.632. The maximum Gasteiger partial charge on any atom is 0.306 e. The number of hydrogen-bond acceptors (Lipinski definition) is 3. The van der Waals surface area contributed by atoms with Crippen LogP contribution in [0.5, 0.6) is 5.75 Å². The first-order valence-electron chi connectivity index (χ1n) is 8.72. The molecule has 1 unspecified atom stereocenters. The molecule has 1 aromatic rings. The van der Waals surface area contributed by atoms with Crippen LogP contribution in [0.1, 0.15) is 57.1 Å². The Bertz CT molecular complexity index is 521. The Morgan fingerprint density at radius 3 is 2.65 bits per heavy atom. The van der Waals surface area contributed by atoms with Crippen LogP contribution in [0.2, 0.25) is 0 Å². The number of rotatable bonds is 7. The van der Waals surface area contributed by atoms with Crippen LogP contribution < -0.4 is 10.1 Å². The van der Waals surface area contributed by atoms with Crippen molar-refractivity contribution in [2.24, 2.45) is 5.92 Å². The number of nitrogens with one attached hydrogen (secondary N) is 1. The zero-order valence-electron chi connectivity index (χ0n) is 14.5. The minimum Gasteiger partial charge on any atom is -0.490 e. The first-order chi connectivity index (χ1) is 11.0. The van der Waals surface area contributed by atoms with Gasteiger partial charge < -0.3 is 15.2 Å². The van der Waals surface area contributed by atoms with E-state index in [1.54, 1.807) is 0 Å². The van der Waals surface area contributed by atoms with Gasteiger partial charge in [0.15, 0.2) is 0 Å². The van der Waals surface area contributed by atoms with Crippen molar-refractivity contribution in [1.82, 2.24) is 5.32 Å². The van der Waals surface area contributed by atoms with Gasteiger partial charge in [-0.25, -0.2) is 0 Å². The zero-order valence-corrected chi connectivity index (χ0v) is 14.5. The quantitative estimate of drug-likeness (QED) is 0.800. The van der Waals surface area contributed by atoms with E-state index in [2.05, 4.69) is 44.3 Å². The minimum atomic E-state index is -0.647. The Kier molecular flexibility index (Phi) is 6.46. The topological polar surface area (TPSA) is 58.6 Å². The van der Waals surface area contributed by atoms with Crippen LogP contribution in [0.4, 0.5) is 0 Å². The van der Waals surface area contributed by atoms with E-state index in [0.717, 1.165) is 44.4 Å². The number of aryl methyl sites for hydroxylation is 1. The van der Waals surface area contributed by atoms with Gasteiger partial charge in [-0.1, -0.05) is 19.1 Å². The highest BCUT2D eigenvalue weighted by Crippen LogP contribution is 2.26. The molecule has 0 aromatic heterocycles. The SMILES string of the molecule is CCC(C)Oc1cc(C)ccc1CNC1CCC(C(=O)O)CC1. The Morgan fingerprint density at radius 2 is 2.04 bits per heavy atom. The highest BCUT2D eigenvalue weighted by atomic mass is 16.5. The number of carbonyl (C=O) groups is 1. The van der Waals surface area contributed by atoms with E-state index in [1.165, 1.54) is 11.1 Å². The molecule has 1 aliphatic rings. The molecule has 2 N–H and O–H groups in total. The number of ether oxygens (including phenoxy) is 1. The third-order valence-electron chi connectivity index (χ3n) is 4.78. The number of carboxylic acid groups (broad SMARTS) is 1. The predicted molar refractivity (Wildman–Crippen MR) is 91.8 cm³/mol. The molecule has 1 aromatic carbocycles. The number of benzene rings is 1. The van der Waals surface area contributed by atoms with Gasteiger partial charge in [0.1, 0.15) is 5.75 Å². The van der Waals surface area contributed by atoms with Crippen molar-refractivity contribution in [3.63, 3.8) is 0 Å². The minimum absolute atomic E-state index is 0.156. The molecule has 4 nitrogen and oxygen atoms in total. The van der Waals surface area contributed by atoms with Crippen molar-refractivity contribution in [1.29, 1.82) is 0 Å². The maximum atomic E-state index is 11.0. The molecule has 0 spiro atoms. The van der Waals surface area contributed by atoms with Crippen molar-refractivity contribution in [2.45, 2.75) is 71.6 Å². The summed E-state index contributed by atoms with van der Waals surface area (Å²) < 4.78 is 6.05. The lowest BCUT2D eigenvalue weighted by Crippen LogP contribution is -2.34. The van der Waals surface area contributed by atoms with Crippen molar-refractivity contribution >= 4 is 5.97 Å². The first kappa shape index (κ1) is 17.8. The van der Waals surface area contributed by atoms with Crippen molar-refractivity contribution in [3.05, 3.63) is 29.3 Å². The molecule has 1 aliphatic carbocycles. The van der Waals surface area contributed by atoms with Gasteiger partial charge in [-0.3, -0.25) is 4.79 Å². The van der Waals surface area contributed by atoms with Crippen LogP contribution in [0, 0.1) is 12.8 Å². The summed E-state index contributed by atoms with van der Waals surface area (Å²) in [7, 11) is 0. The highest BCUT2D eigenvalue weighted by Gasteiger charge is 2.25. The average molecular weight is 319 g/mol. The molecule has 0 radical (unpaired) electrons. The predicted octanol–water partition coefficient (Wildman–Crippen LogP) is 3.91. The maximum absolute atomic E-state index is 11.0. The Hall–Kier alpha value is -1.55. The third-order valence-corrected chi connectivity index (χ3v) is 4.78. The van der Waals surface area contributed by atoms with Crippen LogP contribution in [0.25, 0.3) is 0 Å². The molecule has 1 saturated carbocycles. The van der Waals surface area contributed by atoms with Crippen LogP contribution in [0.3, 0.4) is 0 Å². The van der Waals surface area contributed by atoms with Crippen LogP contribution in [-0.2, 0) is 11.3 Å². The summed E-state index contributed by atoms with van der Waals surface area (Å²) in [4.78, 5) is 11.0. The van der Waals surface area contributed by atoms with E-state index in [0.29, 0.717) is 6.04 Å². The second kappa shape index (κ2) is 8.34. The summed E-state index contributed by atoms with van der Waals surface area (Å²) in [6, 6.07) is 6.75. The van der Waals surface area contributed by atoms with E-state index < -0.39 is 5.97 Å². The second-order valence-corrected chi connectivity index (χ2v) is 6.72. The van der Waals surface area contributed by atoms with Gasteiger partial charge in [-0.05, 0) is 57.6 Å². The zero-order chi connectivity index (χ0) is 16.8. The molecule has 4 heteroatoms. The monoisotopic (exact) mass is 319 g/mol. The molecule has 1 atom stereocenters. The summed E-state index contributed by atoms with van der Waals surface area (Å²) in [5.74, 6) is 0.161. The fourth-order valence-electron chi connectivity index (χ4n) is 3.02. The lowest BCUT2D eigenvalue weighted by molar-refractivity contribution is -0.142. The summed E-state index contributed by atoms with van der Waals surface area (Å²) in [5.41, 5.74) is 2.38. The van der Waals surface area contributed by atoms with Crippen molar-refractivity contribution in [2.75, 3.05) is 0 Å². The lowest BCUT2D eigenvalue weighted by Gasteiger charge is -2.27. The number of hydrogen-bond donors (Lipinski definition) is 2. The molecule has 23 heavy (non-hydrogen) atoms. The Morgan fingerprint density at radius 1 is 1.35 bits per heavy atom. The van der Waals surface area contributed by atoms with E-state index >= 15 is 0 Å². The van der Waals surface area contributed by atoms with E-state index in [4.69, 9.17) is 9.84 Å². The van der Waals surface area contributed by atoms with E-state index in [9.17, 15) is 4.79 Å².